The number of aromatic nitrogens is 6. The van der Waals surface area contributed by atoms with Crippen molar-refractivity contribution >= 4 is 33.8 Å². The first-order valence-electron chi connectivity index (χ1n) is 10.00. The highest BCUT2D eigenvalue weighted by atomic mass is 16.2. The van der Waals surface area contributed by atoms with Gasteiger partial charge in [0.05, 0.1) is 11.0 Å². The molecular weight excluding hydrogens is 410 g/mol. The van der Waals surface area contributed by atoms with E-state index in [2.05, 4.69) is 25.3 Å². The molecule has 0 aliphatic rings. The molecule has 0 bridgehead atoms. The van der Waals surface area contributed by atoms with Crippen molar-refractivity contribution in [1.82, 2.24) is 29.1 Å². The number of nitrogens with zero attached hydrogens (tertiary/aromatic N) is 4. The minimum Gasteiger partial charge on any atom is -0.336 e. The van der Waals surface area contributed by atoms with Gasteiger partial charge in [-0.25, -0.2) is 14.8 Å². The molecule has 0 saturated carbocycles. The third-order valence-electron chi connectivity index (χ3n) is 5.28. The van der Waals surface area contributed by atoms with Gasteiger partial charge in [0.25, 0.3) is 5.56 Å². The molecule has 3 N–H and O–H groups in total. The van der Waals surface area contributed by atoms with Crippen LogP contribution in [0.4, 0.5) is 5.69 Å². The first-order chi connectivity index (χ1) is 15.5. The first kappa shape index (κ1) is 19.5. The summed E-state index contributed by atoms with van der Waals surface area (Å²) in [5.74, 6) is 0.276. The molecule has 0 spiro atoms. The minimum atomic E-state index is -0.537. The molecule has 10 heteroatoms. The Kier molecular flexibility index (Phi) is 4.66. The molecule has 5 aromatic rings. The maximum Gasteiger partial charge on any atom is 0.329 e. The van der Waals surface area contributed by atoms with Crippen LogP contribution < -0.4 is 16.6 Å². The highest BCUT2D eigenvalue weighted by Gasteiger charge is 2.12. The van der Waals surface area contributed by atoms with Gasteiger partial charge in [0.2, 0.25) is 5.91 Å². The van der Waals surface area contributed by atoms with E-state index in [0.717, 1.165) is 16.7 Å². The van der Waals surface area contributed by atoms with E-state index in [4.69, 9.17) is 0 Å². The molecule has 5 rings (SSSR count). The third-order valence-corrected chi connectivity index (χ3v) is 5.28. The second-order valence-corrected chi connectivity index (χ2v) is 7.40. The van der Waals surface area contributed by atoms with Gasteiger partial charge in [0.1, 0.15) is 17.7 Å². The number of rotatable bonds is 5. The van der Waals surface area contributed by atoms with Crippen LogP contribution in [0, 0.1) is 0 Å². The van der Waals surface area contributed by atoms with Crippen molar-refractivity contribution in [2.24, 2.45) is 7.05 Å². The number of carbonyl (C=O) groups is 1. The lowest BCUT2D eigenvalue weighted by molar-refractivity contribution is -0.116. The normalized spacial score (nSPS) is 11.3. The number of carbonyl (C=O) groups excluding carboxylic acids is 1. The van der Waals surface area contributed by atoms with Crippen molar-refractivity contribution in [1.29, 1.82) is 0 Å². The van der Waals surface area contributed by atoms with Gasteiger partial charge in [-0.2, -0.15) is 0 Å². The fourth-order valence-corrected chi connectivity index (χ4v) is 3.60. The van der Waals surface area contributed by atoms with Gasteiger partial charge in [0.15, 0.2) is 5.65 Å². The summed E-state index contributed by atoms with van der Waals surface area (Å²) in [5, 5.41) is 2.86. The van der Waals surface area contributed by atoms with E-state index in [-0.39, 0.29) is 23.5 Å². The van der Waals surface area contributed by atoms with Crippen molar-refractivity contribution < 1.29 is 4.79 Å². The largest absolute Gasteiger partial charge is 0.336 e. The average molecular weight is 429 g/mol. The standard InChI is InChI=1S/C22H19N7O3/c1-28-20-19(21(31)27-22(28)32)25-17(26-20)10-11-18(30)24-13-6-8-14(9-7-13)29-12-23-15-4-2-3-5-16(15)29/h2-9,12H,10-11H2,1H3,(H,24,30)(H,25,26)(H,27,31,32). The molecule has 0 aliphatic heterocycles. The Balaban J connectivity index is 1.26. The lowest BCUT2D eigenvalue weighted by atomic mass is 10.2. The summed E-state index contributed by atoms with van der Waals surface area (Å²) in [4.78, 5) is 49.7. The van der Waals surface area contributed by atoms with Crippen LogP contribution in [0.25, 0.3) is 27.9 Å². The van der Waals surface area contributed by atoms with E-state index < -0.39 is 11.2 Å². The number of H-pyrrole nitrogens is 2. The topological polar surface area (TPSA) is 130 Å². The maximum absolute atomic E-state index is 12.4. The fourth-order valence-electron chi connectivity index (χ4n) is 3.60. The Morgan fingerprint density at radius 2 is 1.84 bits per heavy atom. The van der Waals surface area contributed by atoms with Gasteiger partial charge in [-0.15, -0.1) is 0 Å². The third kappa shape index (κ3) is 3.47. The molecule has 32 heavy (non-hydrogen) atoms. The first-order valence-corrected chi connectivity index (χ1v) is 10.00. The molecule has 3 heterocycles. The Morgan fingerprint density at radius 1 is 1.06 bits per heavy atom. The predicted molar refractivity (Wildman–Crippen MR) is 120 cm³/mol. The van der Waals surface area contributed by atoms with Crippen molar-refractivity contribution in [3.8, 4) is 5.69 Å². The fraction of sp³-hybridized carbons (Fsp3) is 0.136. The quantitative estimate of drug-likeness (QED) is 0.393. The van der Waals surface area contributed by atoms with E-state index in [1.807, 2.05) is 53.1 Å². The Hall–Kier alpha value is -4.47. The molecule has 10 nitrogen and oxygen atoms in total. The number of aryl methyl sites for hydroxylation is 2. The number of nitrogens with one attached hydrogen (secondary N) is 3. The van der Waals surface area contributed by atoms with Crippen LogP contribution in [0.2, 0.25) is 0 Å². The average Bonchev–Trinajstić information content (AvgIpc) is 3.42. The molecule has 0 saturated heterocycles. The molecule has 0 aliphatic carbocycles. The monoisotopic (exact) mass is 429 g/mol. The maximum atomic E-state index is 12.4. The number of para-hydroxylation sites is 2. The number of hydrogen-bond donors (Lipinski definition) is 3. The summed E-state index contributed by atoms with van der Waals surface area (Å²) < 4.78 is 3.24. The summed E-state index contributed by atoms with van der Waals surface area (Å²) in [6, 6.07) is 15.4. The number of hydrogen-bond acceptors (Lipinski definition) is 5. The van der Waals surface area contributed by atoms with Gasteiger partial charge < -0.3 is 10.3 Å². The summed E-state index contributed by atoms with van der Waals surface area (Å²) in [5.41, 5.74) is 2.94. The highest BCUT2D eigenvalue weighted by molar-refractivity contribution is 5.91. The SMILES string of the molecule is Cn1c(=O)[nH]c(=O)c2[nH]c(CCC(=O)Nc3ccc(-n4cnc5ccccc54)cc3)nc21. The van der Waals surface area contributed by atoms with Crippen LogP contribution in [0.1, 0.15) is 12.2 Å². The van der Waals surface area contributed by atoms with Crippen molar-refractivity contribution in [2.75, 3.05) is 5.32 Å². The summed E-state index contributed by atoms with van der Waals surface area (Å²) in [6.07, 6.45) is 2.24. The molecule has 1 amide bonds. The Morgan fingerprint density at radius 3 is 2.66 bits per heavy atom. The van der Waals surface area contributed by atoms with Gasteiger partial charge >= 0.3 is 5.69 Å². The van der Waals surface area contributed by atoms with E-state index in [1.54, 1.807) is 6.33 Å². The molecule has 3 aromatic heterocycles. The van der Waals surface area contributed by atoms with Crippen molar-refractivity contribution in [3.63, 3.8) is 0 Å². The second-order valence-electron chi connectivity index (χ2n) is 7.40. The molecule has 0 radical (unpaired) electrons. The smallest absolute Gasteiger partial charge is 0.329 e. The van der Waals surface area contributed by atoms with E-state index in [0.29, 0.717) is 17.9 Å². The Labute approximate surface area is 180 Å². The summed E-state index contributed by atoms with van der Waals surface area (Å²) in [6.45, 7) is 0. The lowest BCUT2D eigenvalue weighted by Crippen LogP contribution is -2.28. The van der Waals surface area contributed by atoms with Crippen molar-refractivity contribution in [2.45, 2.75) is 12.8 Å². The van der Waals surface area contributed by atoms with E-state index >= 15 is 0 Å². The van der Waals surface area contributed by atoms with Gasteiger partial charge in [0, 0.05) is 31.3 Å². The van der Waals surface area contributed by atoms with Crippen LogP contribution >= 0.6 is 0 Å². The number of benzene rings is 2. The number of anilines is 1. The Bertz CT molecular complexity index is 1570. The van der Waals surface area contributed by atoms with Crippen molar-refractivity contribution in [3.05, 3.63) is 81.5 Å². The molecule has 0 atom stereocenters. The molecule has 160 valence electrons. The number of amides is 1. The molecule has 0 fully saturated rings. The van der Waals surface area contributed by atoms with Gasteiger partial charge in [-0.1, -0.05) is 12.1 Å². The molecule has 2 aromatic carbocycles. The van der Waals surface area contributed by atoms with E-state index in [9.17, 15) is 14.4 Å². The number of imidazole rings is 2. The summed E-state index contributed by atoms with van der Waals surface area (Å²) in [7, 11) is 1.52. The van der Waals surface area contributed by atoms with Crippen LogP contribution in [0.5, 0.6) is 0 Å². The minimum absolute atomic E-state index is 0.166. The van der Waals surface area contributed by atoms with Crippen LogP contribution in [-0.4, -0.2) is 35.0 Å². The van der Waals surface area contributed by atoms with Crippen LogP contribution in [-0.2, 0) is 18.3 Å². The van der Waals surface area contributed by atoms with E-state index in [1.165, 1.54) is 11.6 Å². The zero-order valence-electron chi connectivity index (χ0n) is 17.1. The highest BCUT2D eigenvalue weighted by Crippen LogP contribution is 2.19. The molecular formula is C22H19N7O3. The summed E-state index contributed by atoms with van der Waals surface area (Å²) >= 11 is 0. The zero-order valence-corrected chi connectivity index (χ0v) is 17.1. The molecule has 0 unspecified atom stereocenters. The van der Waals surface area contributed by atoms with Crippen LogP contribution in [0.3, 0.4) is 0 Å². The predicted octanol–water partition coefficient (Wildman–Crippen LogP) is 1.86. The van der Waals surface area contributed by atoms with Gasteiger partial charge in [-0.3, -0.25) is 23.7 Å². The second kappa shape index (κ2) is 7.65. The van der Waals surface area contributed by atoms with Crippen LogP contribution in [0.15, 0.2) is 64.4 Å². The zero-order chi connectivity index (χ0) is 22.2. The lowest BCUT2D eigenvalue weighted by Gasteiger charge is -2.08. The van der Waals surface area contributed by atoms with Gasteiger partial charge in [-0.05, 0) is 36.4 Å². The number of fused-ring (bicyclic) bond motifs is 2. The number of aromatic amines is 2.